The van der Waals surface area contributed by atoms with E-state index < -0.39 is 0 Å². The van der Waals surface area contributed by atoms with E-state index >= 15 is 0 Å². The molecule has 0 saturated carbocycles. The van der Waals surface area contributed by atoms with Gasteiger partial charge in [0.1, 0.15) is 11.5 Å². The Balaban J connectivity index is 1.35. The second-order valence-corrected chi connectivity index (χ2v) is 7.96. The Bertz CT molecular complexity index is 1050. The van der Waals surface area contributed by atoms with E-state index in [1.54, 1.807) is 4.90 Å². The SMILES string of the molecule is O=C(Cc1csc(N2CCCC2=O)n1)NC1c2ccccc2Oc2ccccc21. The summed E-state index contributed by atoms with van der Waals surface area (Å²) < 4.78 is 5.98. The molecule has 29 heavy (non-hydrogen) atoms. The van der Waals surface area contributed by atoms with Gasteiger partial charge < -0.3 is 10.1 Å². The molecule has 7 heteroatoms. The lowest BCUT2D eigenvalue weighted by molar-refractivity contribution is -0.121. The van der Waals surface area contributed by atoms with Crippen LogP contribution in [0.25, 0.3) is 0 Å². The Kier molecular flexibility index (Phi) is 4.52. The molecular weight excluding hydrogens is 386 g/mol. The Morgan fingerprint density at radius 3 is 2.48 bits per heavy atom. The first-order valence-electron chi connectivity index (χ1n) is 9.59. The number of aromatic nitrogens is 1. The largest absolute Gasteiger partial charge is 0.457 e. The number of rotatable bonds is 4. The summed E-state index contributed by atoms with van der Waals surface area (Å²) in [6.45, 7) is 0.702. The summed E-state index contributed by atoms with van der Waals surface area (Å²) in [5.41, 5.74) is 2.54. The van der Waals surface area contributed by atoms with Gasteiger partial charge in [0.15, 0.2) is 5.13 Å². The van der Waals surface area contributed by atoms with Crippen LogP contribution in [0.4, 0.5) is 5.13 Å². The fraction of sp³-hybridized carbons (Fsp3) is 0.227. The van der Waals surface area contributed by atoms with E-state index in [0.717, 1.165) is 29.0 Å². The Morgan fingerprint density at radius 1 is 1.14 bits per heavy atom. The highest BCUT2D eigenvalue weighted by Gasteiger charge is 2.29. The van der Waals surface area contributed by atoms with Gasteiger partial charge in [-0.3, -0.25) is 14.5 Å². The van der Waals surface area contributed by atoms with Crippen LogP contribution in [0, 0.1) is 0 Å². The van der Waals surface area contributed by atoms with E-state index in [0.29, 0.717) is 23.8 Å². The summed E-state index contributed by atoms with van der Waals surface area (Å²) in [6.07, 6.45) is 1.59. The van der Waals surface area contributed by atoms with Crippen molar-refractivity contribution in [3.63, 3.8) is 0 Å². The molecule has 0 aliphatic carbocycles. The van der Waals surface area contributed by atoms with Gasteiger partial charge in [-0.2, -0.15) is 0 Å². The van der Waals surface area contributed by atoms with Crippen molar-refractivity contribution in [3.8, 4) is 11.5 Å². The summed E-state index contributed by atoms with van der Waals surface area (Å²) >= 11 is 1.41. The van der Waals surface area contributed by atoms with Gasteiger partial charge in [-0.05, 0) is 18.6 Å². The molecule has 1 N–H and O–H groups in total. The topological polar surface area (TPSA) is 71.5 Å². The van der Waals surface area contributed by atoms with E-state index in [1.807, 2.05) is 53.9 Å². The third-order valence-electron chi connectivity index (χ3n) is 5.17. The van der Waals surface area contributed by atoms with Gasteiger partial charge >= 0.3 is 0 Å². The van der Waals surface area contributed by atoms with Crippen molar-refractivity contribution in [1.29, 1.82) is 0 Å². The van der Waals surface area contributed by atoms with Gasteiger partial charge in [0.25, 0.3) is 0 Å². The van der Waals surface area contributed by atoms with Gasteiger partial charge in [-0.25, -0.2) is 4.98 Å². The molecule has 1 saturated heterocycles. The first-order chi connectivity index (χ1) is 14.2. The molecule has 0 bridgehead atoms. The van der Waals surface area contributed by atoms with Crippen molar-refractivity contribution in [2.24, 2.45) is 0 Å². The van der Waals surface area contributed by atoms with Gasteiger partial charge in [0.05, 0.1) is 18.2 Å². The molecule has 1 aromatic heterocycles. The number of nitrogens with zero attached hydrogens (tertiary/aromatic N) is 2. The molecular formula is C22H19N3O3S. The van der Waals surface area contributed by atoms with Crippen LogP contribution >= 0.6 is 11.3 Å². The molecule has 1 fully saturated rings. The predicted molar refractivity (Wildman–Crippen MR) is 110 cm³/mol. The first kappa shape index (κ1) is 17.9. The normalized spacial score (nSPS) is 15.6. The van der Waals surface area contributed by atoms with Gasteiger partial charge in [-0.1, -0.05) is 36.4 Å². The summed E-state index contributed by atoms with van der Waals surface area (Å²) in [5, 5.41) is 5.66. The second kappa shape index (κ2) is 7.33. The van der Waals surface area contributed by atoms with Crippen molar-refractivity contribution in [3.05, 3.63) is 70.7 Å². The minimum absolute atomic E-state index is 0.103. The molecule has 6 nitrogen and oxygen atoms in total. The van der Waals surface area contributed by atoms with E-state index in [2.05, 4.69) is 10.3 Å². The Labute approximate surface area is 172 Å². The smallest absolute Gasteiger partial charge is 0.228 e. The molecule has 146 valence electrons. The van der Waals surface area contributed by atoms with Crippen LogP contribution < -0.4 is 15.0 Å². The van der Waals surface area contributed by atoms with Crippen LogP contribution in [-0.4, -0.2) is 23.3 Å². The Morgan fingerprint density at radius 2 is 1.83 bits per heavy atom. The maximum Gasteiger partial charge on any atom is 0.228 e. The monoisotopic (exact) mass is 405 g/mol. The molecule has 0 unspecified atom stereocenters. The number of carbonyl (C=O) groups is 2. The molecule has 2 aliphatic heterocycles. The lowest BCUT2D eigenvalue weighted by Crippen LogP contribution is -2.32. The van der Waals surface area contributed by atoms with E-state index in [-0.39, 0.29) is 24.3 Å². The average Bonchev–Trinajstić information content (AvgIpc) is 3.36. The fourth-order valence-corrected chi connectivity index (χ4v) is 4.66. The summed E-state index contributed by atoms with van der Waals surface area (Å²) in [6, 6.07) is 15.2. The molecule has 5 rings (SSSR count). The van der Waals surface area contributed by atoms with Crippen LogP contribution in [0.5, 0.6) is 11.5 Å². The maximum atomic E-state index is 12.8. The van der Waals surface area contributed by atoms with Crippen molar-refractivity contribution in [1.82, 2.24) is 10.3 Å². The number of nitrogens with one attached hydrogen (secondary N) is 1. The predicted octanol–water partition coefficient (Wildman–Crippen LogP) is 3.82. The minimum Gasteiger partial charge on any atom is -0.457 e. The zero-order valence-electron chi connectivity index (χ0n) is 15.6. The third kappa shape index (κ3) is 3.38. The fourth-order valence-electron chi connectivity index (χ4n) is 3.79. The van der Waals surface area contributed by atoms with Gasteiger partial charge in [0, 0.05) is 29.5 Å². The molecule has 0 atom stereocenters. The second-order valence-electron chi connectivity index (χ2n) is 7.13. The lowest BCUT2D eigenvalue weighted by Gasteiger charge is -2.28. The number of benzene rings is 2. The number of hydrogen-bond acceptors (Lipinski definition) is 5. The number of fused-ring (bicyclic) bond motifs is 2. The van der Waals surface area contributed by atoms with Crippen molar-refractivity contribution < 1.29 is 14.3 Å². The molecule has 3 aromatic rings. The molecule has 2 amide bonds. The average molecular weight is 405 g/mol. The quantitative estimate of drug-likeness (QED) is 0.716. The molecule has 0 spiro atoms. The van der Waals surface area contributed by atoms with E-state index in [9.17, 15) is 9.59 Å². The highest BCUT2D eigenvalue weighted by molar-refractivity contribution is 7.14. The number of amides is 2. The number of anilines is 1. The highest BCUT2D eigenvalue weighted by atomic mass is 32.1. The van der Waals surface area contributed by atoms with Crippen molar-refractivity contribution >= 4 is 28.3 Å². The minimum atomic E-state index is -0.276. The third-order valence-corrected chi connectivity index (χ3v) is 6.08. The molecule has 0 radical (unpaired) electrons. The zero-order chi connectivity index (χ0) is 19.8. The number of ether oxygens (including phenoxy) is 1. The maximum absolute atomic E-state index is 12.8. The van der Waals surface area contributed by atoms with Crippen molar-refractivity contribution in [2.45, 2.75) is 25.3 Å². The molecule has 3 heterocycles. The van der Waals surface area contributed by atoms with Crippen LogP contribution in [0.1, 0.15) is 35.7 Å². The number of hydrogen-bond donors (Lipinski definition) is 1. The first-order valence-corrected chi connectivity index (χ1v) is 10.5. The molecule has 2 aromatic carbocycles. The highest BCUT2D eigenvalue weighted by Crippen LogP contribution is 2.42. The number of para-hydroxylation sites is 2. The summed E-state index contributed by atoms with van der Waals surface area (Å²) in [7, 11) is 0. The standard InChI is InChI=1S/C22H19N3O3S/c26-19(12-14-13-29-22(23-14)25-11-5-10-20(25)27)24-21-15-6-1-3-8-17(15)28-18-9-4-2-7-16(18)21/h1-4,6-9,13,21H,5,10-12H2,(H,24,26). The van der Waals surface area contributed by atoms with Gasteiger partial charge in [-0.15, -0.1) is 11.3 Å². The number of thiazole rings is 1. The Hall–Kier alpha value is -3.19. The van der Waals surface area contributed by atoms with Crippen LogP contribution in [0.3, 0.4) is 0 Å². The van der Waals surface area contributed by atoms with Gasteiger partial charge in [0.2, 0.25) is 11.8 Å². The van der Waals surface area contributed by atoms with E-state index in [4.69, 9.17) is 4.74 Å². The number of carbonyl (C=O) groups excluding carboxylic acids is 2. The van der Waals surface area contributed by atoms with Crippen LogP contribution in [0.15, 0.2) is 53.9 Å². The van der Waals surface area contributed by atoms with Crippen LogP contribution in [-0.2, 0) is 16.0 Å². The van der Waals surface area contributed by atoms with Crippen LogP contribution in [0.2, 0.25) is 0 Å². The van der Waals surface area contributed by atoms with Crippen molar-refractivity contribution in [2.75, 3.05) is 11.4 Å². The zero-order valence-corrected chi connectivity index (χ0v) is 16.4. The van der Waals surface area contributed by atoms with E-state index in [1.165, 1.54) is 11.3 Å². The summed E-state index contributed by atoms with van der Waals surface area (Å²) in [4.78, 5) is 30.9. The summed E-state index contributed by atoms with van der Waals surface area (Å²) in [5.74, 6) is 1.48. The lowest BCUT2D eigenvalue weighted by atomic mass is 9.94. The molecule has 2 aliphatic rings.